The van der Waals surface area contributed by atoms with Crippen molar-refractivity contribution < 1.29 is 9.47 Å². The van der Waals surface area contributed by atoms with Crippen LogP contribution >= 0.6 is 24.0 Å². The van der Waals surface area contributed by atoms with E-state index in [0.717, 1.165) is 70.3 Å². The van der Waals surface area contributed by atoms with Crippen LogP contribution in [0.4, 0.5) is 5.82 Å². The molecular weight excluding hydrogens is 483 g/mol. The molecule has 2 saturated heterocycles. The minimum Gasteiger partial charge on any atom is -0.379 e. The van der Waals surface area contributed by atoms with Gasteiger partial charge in [0.15, 0.2) is 5.96 Å². The molecule has 0 saturated carbocycles. The molecule has 8 nitrogen and oxygen atoms in total. The summed E-state index contributed by atoms with van der Waals surface area (Å²) >= 11 is 0. The molecule has 2 fully saturated rings. The first kappa shape index (κ1) is 24.1. The van der Waals surface area contributed by atoms with Gasteiger partial charge in [-0.25, -0.2) is 9.98 Å². The Hall–Kier alpha value is -1.17. The largest absolute Gasteiger partial charge is 0.379 e. The molecule has 0 bridgehead atoms. The summed E-state index contributed by atoms with van der Waals surface area (Å²) in [6, 6.07) is 4.13. The highest BCUT2D eigenvalue weighted by molar-refractivity contribution is 14.0. The van der Waals surface area contributed by atoms with Crippen LogP contribution in [0.2, 0.25) is 0 Å². The Bertz CT molecular complexity index is 614. The van der Waals surface area contributed by atoms with Crippen molar-refractivity contribution in [3.8, 4) is 0 Å². The molecule has 164 valence electrons. The standard InChI is InChI=1S/C20H34N6O2.HI/c1-16-14-26(15-17(2)28-16)19-5-4-18(12-23-19)13-24-20(21)22-6-3-7-25-8-10-27-11-9-25;/h4-5,12,16-17H,3,6-11,13-15H2,1-2H3,(H3,21,22,24);1H. The van der Waals surface area contributed by atoms with E-state index < -0.39 is 0 Å². The normalized spacial score (nSPS) is 23.5. The third-order valence-electron chi connectivity index (χ3n) is 5.05. The molecular formula is C20H35IN6O2. The Labute approximate surface area is 191 Å². The number of morpholine rings is 2. The molecule has 0 amide bonds. The fourth-order valence-corrected chi connectivity index (χ4v) is 3.64. The number of rotatable bonds is 7. The van der Waals surface area contributed by atoms with Crippen molar-refractivity contribution >= 4 is 35.8 Å². The van der Waals surface area contributed by atoms with Crippen molar-refractivity contribution in [2.75, 3.05) is 57.4 Å². The minimum atomic E-state index is 0. The number of halogens is 1. The zero-order chi connectivity index (χ0) is 19.8. The smallest absolute Gasteiger partial charge is 0.188 e. The molecule has 2 atom stereocenters. The molecule has 0 aromatic carbocycles. The molecule has 3 N–H and O–H groups in total. The number of nitrogens with one attached hydrogen (secondary N) is 1. The molecule has 29 heavy (non-hydrogen) atoms. The topological polar surface area (TPSA) is 88.2 Å². The number of aliphatic imine (C=N–C) groups is 1. The summed E-state index contributed by atoms with van der Waals surface area (Å²) in [5, 5.41) is 3.19. The summed E-state index contributed by atoms with van der Waals surface area (Å²) in [7, 11) is 0. The molecule has 0 aliphatic carbocycles. The Kier molecular flexibility index (Phi) is 10.4. The van der Waals surface area contributed by atoms with Crippen LogP contribution in [0.1, 0.15) is 25.8 Å². The summed E-state index contributed by atoms with van der Waals surface area (Å²) < 4.78 is 11.1. The highest BCUT2D eigenvalue weighted by Crippen LogP contribution is 2.18. The maximum Gasteiger partial charge on any atom is 0.188 e. The first-order chi connectivity index (χ1) is 13.6. The van der Waals surface area contributed by atoms with Crippen LogP contribution in [0.15, 0.2) is 23.3 Å². The highest BCUT2D eigenvalue weighted by Gasteiger charge is 2.22. The Morgan fingerprint density at radius 3 is 2.62 bits per heavy atom. The van der Waals surface area contributed by atoms with Gasteiger partial charge in [-0.05, 0) is 38.4 Å². The van der Waals surface area contributed by atoms with E-state index in [1.54, 1.807) is 0 Å². The van der Waals surface area contributed by atoms with Gasteiger partial charge in [-0.1, -0.05) is 6.07 Å². The first-order valence-electron chi connectivity index (χ1n) is 10.3. The monoisotopic (exact) mass is 518 g/mol. The van der Waals surface area contributed by atoms with Gasteiger partial charge in [0.2, 0.25) is 0 Å². The van der Waals surface area contributed by atoms with Crippen molar-refractivity contribution in [2.24, 2.45) is 10.7 Å². The maximum absolute atomic E-state index is 5.98. The van der Waals surface area contributed by atoms with E-state index in [0.29, 0.717) is 12.5 Å². The summed E-state index contributed by atoms with van der Waals surface area (Å²) in [6.07, 6.45) is 3.38. The lowest BCUT2D eigenvalue weighted by Crippen LogP contribution is -2.45. The van der Waals surface area contributed by atoms with Crippen LogP contribution < -0.4 is 16.0 Å². The summed E-state index contributed by atoms with van der Waals surface area (Å²) in [5.41, 5.74) is 7.03. The van der Waals surface area contributed by atoms with Gasteiger partial charge in [0.05, 0.1) is 32.0 Å². The minimum absolute atomic E-state index is 0. The van der Waals surface area contributed by atoms with Crippen LogP contribution in [-0.2, 0) is 16.0 Å². The van der Waals surface area contributed by atoms with Gasteiger partial charge < -0.3 is 25.4 Å². The first-order valence-corrected chi connectivity index (χ1v) is 10.3. The zero-order valence-electron chi connectivity index (χ0n) is 17.5. The molecule has 2 aliphatic heterocycles. The Morgan fingerprint density at radius 1 is 1.24 bits per heavy atom. The summed E-state index contributed by atoms with van der Waals surface area (Å²) in [4.78, 5) is 13.7. The van der Waals surface area contributed by atoms with Crippen molar-refractivity contribution in [3.05, 3.63) is 23.9 Å². The quantitative estimate of drug-likeness (QED) is 0.245. The molecule has 1 aromatic rings. The van der Waals surface area contributed by atoms with E-state index in [9.17, 15) is 0 Å². The van der Waals surface area contributed by atoms with Crippen LogP contribution in [0, 0.1) is 0 Å². The lowest BCUT2D eigenvalue weighted by Gasteiger charge is -2.36. The zero-order valence-corrected chi connectivity index (χ0v) is 19.9. The summed E-state index contributed by atoms with van der Waals surface area (Å²) in [6.45, 7) is 12.1. The summed E-state index contributed by atoms with van der Waals surface area (Å²) in [5.74, 6) is 1.48. The molecule has 3 heterocycles. The van der Waals surface area contributed by atoms with Crippen molar-refractivity contribution in [3.63, 3.8) is 0 Å². The Morgan fingerprint density at radius 2 is 1.97 bits per heavy atom. The second-order valence-electron chi connectivity index (χ2n) is 7.62. The number of pyridine rings is 1. The number of aromatic nitrogens is 1. The molecule has 0 spiro atoms. The van der Waals surface area contributed by atoms with E-state index in [-0.39, 0.29) is 36.2 Å². The van der Waals surface area contributed by atoms with Crippen LogP contribution in [-0.4, -0.2) is 80.5 Å². The van der Waals surface area contributed by atoms with Gasteiger partial charge in [0.25, 0.3) is 0 Å². The molecule has 9 heteroatoms. The number of hydrogen-bond donors (Lipinski definition) is 2. The van der Waals surface area contributed by atoms with Crippen LogP contribution in [0.3, 0.4) is 0 Å². The van der Waals surface area contributed by atoms with E-state index in [1.165, 1.54) is 0 Å². The maximum atomic E-state index is 5.98. The fourth-order valence-electron chi connectivity index (χ4n) is 3.64. The van der Waals surface area contributed by atoms with Crippen LogP contribution in [0.25, 0.3) is 0 Å². The van der Waals surface area contributed by atoms with E-state index in [4.69, 9.17) is 15.2 Å². The van der Waals surface area contributed by atoms with Crippen molar-refractivity contribution in [2.45, 2.75) is 39.0 Å². The van der Waals surface area contributed by atoms with Gasteiger partial charge >= 0.3 is 0 Å². The lowest BCUT2D eigenvalue weighted by molar-refractivity contribution is -0.00545. The number of hydrogen-bond acceptors (Lipinski definition) is 6. The highest BCUT2D eigenvalue weighted by atomic mass is 127. The van der Waals surface area contributed by atoms with E-state index in [1.807, 2.05) is 6.20 Å². The number of nitrogens with zero attached hydrogens (tertiary/aromatic N) is 4. The third kappa shape index (κ3) is 8.23. The molecule has 0 radical (unpaired) electrons. The van der Waals surface area contributed by atoms with Crippen molar-refractivity contribution in [1.82, 2.24) is 15.2 Å². The Balaban J connectivity index is 0.00000300. The molecule has 1 aromatic heterocycles. The lowest BCUT2D eigenvalue weighted by atomic mass is 10.2. The number of anilines is 1. The molecule has 2 unspecified atom stereocenters. The second kappa shape index (κ2) is 12.5. The van der Waals surface area contributed by atoms with Gasteiger partial charge in [-0.3, -0.25) is 4.90 Å². The number of guanidine groups is 1. The molecule has 2 aliphatic rings. The SMILES string of the molecule is CC1CN(c2ccc(CN=C(N)NCCCN3CCOCC3)cn2)CC(C)O1.I. The second-order valence-corrected chi connectivity index (χ2v) is 7.62. The fraction of sp³-hybridized carbons (Fsp3) is 0.700. The van der Waals surface area contributed by atoms with Gasteiger partial charge in [0.1, 0.15) is 5.82 Å². The third-order valence-corrected chi connectivity index (χ3v) is 5.05. The average Bonchev–Trinajstić information content (AvgIpc) is 2.70. The van der Waals surface area contributed by atoms with Gasteiger partial charge in [0, 0.05) is 38.9 Å². The van der Waals surface area contributed by atoms with E-state index in [2.05, 4.69) is 51.1 Å². The number of nitrogens with two attached hydrogens (primary N) is 1. The predicted molar refractivity (Wildman–Crippen MR) is 127 cm³/mol. The molecule has 3 rings (SSSR count). The average molecular weight is 518 g/mol. The van der Waals surface area contributed by atoms with Gasteiger partial charge in [-0.15, -0.1) is 24.0 Å². The number of ether oxygens (including phenoxy) is 2. The van der Waals surface area contributed by atoms with Crippen LogP contribution in [0.5, 0.6) is 0 Å². The van der Waals surface area contributed by atoms with Crippen molar-refractivity contribution in [1.29, 1.82) is 0 Å². The predicted octanol–water partition coefficient (Wildman–Crippen LogP) is 1.44. The van der Waals surface area contributed by atoms with E-state index >= 15 is 0 Å². The van der Waals surface area contributed by atoms with Gasteiger partial charge in [-0.2, -0.15) is 0 Å².